The lowest BCUT2D eigenvalue weighted by Gasteiger charge is -2.30. The summed E-state index contributed by atoms with van der Waals surface area (Å²) in [5.41, 5.74) is -0.222. The van der Waals surface area contributed by atoms with E-state index >= 15 is 0 Å². The van der Waals surface area contributed by atoms with E-state index in [1.54, 1.807) is 0 Å². The third kappa shape index (κ3) is 1.61. The van der Waals surface area contributed by atoms with Crippen molar-refractivity contribution in [2.24, 2.45) is 11.3 Å². The summed E-state index contributed by atoms with van der Waals surface area (Å²) >= 11 is 0. The highest BCUT2D eigenvalue weighted by Gasteiger charge is 2.46. The first-order valence-corrected chi connectivity index (χ1v) is 4.25. The fourth-order valence-electron chi connectivity index (χ4n) is 1.76. The molecule has 70 valence electrons. The number of methoxy groups -OCH3 is 1. The minimum Gasteiger partial charge on any atom is -0.479 e. The molecule has 3 heteroatoms. The fourth-order valence-corrected chi connectivity index (χ4v) is 1.76. The quantitative estimate of drug-likeness (QED) is 0.699. The number of rotatable bonds is 4. The molecule has 0 aromatic heterocycles. The molecule has 1 atom stereocenters. The van der Waals surface area contributed by atoms with Crippen molar-refractivity contribution in [3.05, 3.63) is 0 Å². The highest BCUT2D eigenvalue weighted by Crippen LogP contribution is 2.47. The second-order valence-corrected chi connectivity index (χ2v) is 4.05. The molecule has 0 aliphatic heterocycles. The third-order valence-corrected chi connectivity index (χ3v) is 2.77. The molecular formula is C9H16O3. The molecule has 1 aliphatic rings. The van der Waals surface area contributed by atoms with E-state index in [-0.39, 0.29) is 5.41 Å². The summed E-state index contributed by atoms with van der Waals surface area (Å²) in [4.78, 5) is 10.8. The average molecular weight is 172 g/mol. The van der Waals surface area contributed by atoms with Crippen molar-refractivity contribution in [1.82, 2.24) is 0 Å². The van der Waals surface area contributed by atoms with Crippen LogP contribution in [-0.4, -0.2) is 24.3 Å². The fraction of sp³-hybridized carbons (Fsp3) is 0.889. The maximum atomic E-state index is 10.8. The zero-order valence-electron chi connectivity index (χ0n) is 7.83. The van der Waals surface area contributed by atoms with Crippen LogP contribution in [0.5, 0.6) is 0 Å². The lowest BCUT2D eigenvalue weighted by atomic mass is 9.81. The van der Waals surface area contributed by atoms with Crippen molar-refractivity contribution >= 4 is 5.97 Å². The van der Waals surface area contributed by atoms with Crippen molar-refractivity contribution in [1.29, 1.82) is 0 Å². The van der Waals surface area contributed by atoms with Crippen LogP contribution in [-0.2, 0) is 9.53 Å². The Hall–Kier alpha value is -0.570. The van der Waals surface area contributed by atoms with Crippen molar-refractivity contribution in [2.75, 3.05) is 7.11 Å². The predicted octanol–water partition coefficient (Wildman–Crippen LogP) is 1.52. The van der Waals surface area contributed by atoms with Crippen LogP contribution in [0.3, 0.4) is 0 Å². The van der Waals surface area contributed by atoms with Gasteiger partial charge < -0.3 is 9.84 Å². The minimum atomic E-state index is -0.852. The van der Waals surface area contributed by atoms with Gasteiger partial charge in [-0.2, -0.15) is 0 Å². The Bertz CT molecular complexity index is 182. The van der Waals surface area contributed by atoms with Gasteiger partial charge in [0.15, 0.2) is 6.10 Å². The molecule has 0 amide bonds. The number of carboxylic acids is 1. The van der Waals surface area contributed by atoms with Crippen LogP contribution in [0.1, 0.15) is 26.7 Å². The Balaban J connectivity index is 2.68. The number of carboxylic acid groups (broad SMARTS) is 1. The van der Waals surface area contributed by atoms with Gasteiger partial charge in [0.2, 0.25) is 0 Å². The van der Waals surface area contributed by atoms with Gasteiger partial charge in [-0.05, 0) is 18.8 Å². The van der Waals surface area contributed by atoms with E-state index in [4.69, 9.17) is 9.84 Å². The highest BCUT2D eigenvalue weighted by molar-refractivity contribution is 5.73. The molecule has 1 aliphatic carbocycles. The molecule has 0 aromatic carbocycles. The molecule has 12 heavy (non-hydrogen) atoms. The topological polar surface area (TPSA) is 46.5 Å². The molecule has 0 radical (unpaired) electrons. The number of aliphatic carboxylic acids is 1. The van der Waals surface area contributed by atoms with Crippen molar-refractivity contribution < 1.29 is 14.6 Å². The molecule has 1 rings (SSSR count). The van der Waals surface area contributed by atoms with Crippen LogP contribution in [0.25, 0.3) is 0 Å². The van der Waals surface area contributed by atoms with Crippen LogP contribution in [0, 0.1) is 11.3 Å². The maximum Gasteiger partial charge on any atom is 0.333 e. The van der Waals surface area contributed by atoms with Gasteiger partial charge in [0.05, 0.1) is 0 Å². The minimum absolute atomic E-state index is 0.222. The zero-order chi connectivity index (χ0) is 9.35. The first-order valence-electron chi connectivity index (χ1n) is 4.25. The average Bonchev–Trinajstić information content (AvgIpc) is 2.66. The van der Waals surface area contributed by atoms with E-state index in [2.05, 4.69) is 0 Å². The van der Waals surface area contributed by atoms with Crippen LogP contribution in [0.4, 0.5) is 0 Å². The Morgan fingerprint density at radius 2 is 2.08 bits per heavy atom. The Morgan fingerprint density at radius 1 is 1.58 bits per heavy atom. The summed E-state index contributed by atoms with van der Waals surface area (Å²) in [5.74, 6) is -0.326. The van der Waals surface area contributed by atoms with E-state index in [1.807, 2.05) is 13.8 Å². The second kappa shape index (κ2) is 3.05. The van der Waals surface area contributed by atoms with E-state index in [0.29, 0.717) is 5.92 Å². The largest absolute Gasteiger partial charge is 0.479 e. The first kappa shape index (κ1) is 9.52. The lowest BCUT2D eigenvalue weighted by Crippen LogP contribution is -2.39. The number of ether oxygens (including phenoxy) is 1. The molecule has 0 spiro atoms. The van der Waals surface area contributed by atoms with E-state index in [1.165, 1.54) is 7.11 Å². The number of hydrogen-bond donors (Lipinski definition) is 1. The number of carbonyl (C=O) groups is 1. The zero-order valence-corrected chi connectivity index (χ0v) is 7.83. The van der Waals surface area contributed by atoms with Gasteiger partial charge >= 0.3 is 5.97 Å². The molecule has 0 heterocycles. The van der Waals surface area contributed by atoms with Crippen molar-refractivity contribution in [3.63, 3.8) is 0 Å². The monoisotopic (exact) mass is 172 g/mol. The van der Waals surface area contributed by atoms with E-state index < -0.39 is 12.1 Å². The molecule has 0 saturated heterocycles. The Kier molecular flexibility index (Phi) is 2.42. The van der Waals surface area contributed by atoms with Gasteiger partial charge in [0.1, 0.15) is 0 Å². The summed E-state index contributed by atoms with van der Waals surface area (Å²) < 4.78 is 4.98. The molecule has 0 bridgehead atoms. The van der Waals surface area contributed by atoms with E-state index in [0.717, 1.165) is 12.8 Å². The van der Waals surface area contributed by atoms with Crippen LogP contribution < -0.4 is 0 Å². The summed E-state index contributed by atoms with van der Waals surface area (Å²) in [7, 11) is 1.46. The molecule has 3 nitrogen and oxygen atoms in total. The van der Waals surface area contributed by atoms with Crippen molar-refractivity contribution in [2.45, 2.75) is 32.8 Å². The van der Waals surface area contributed by atoms with Crippen LogP contribution in [0.15, 0.2) is 0 Å². The van der Waals surface area contributed by atoms with Crippen molar-refractivity contribution in [3.8, 4) is 0 Å². The van der Waals surface area contributed by atoms with Crippen LogP contribution in [0.2, 0.25) is 0 Å². The van der Waals surface area contributed by atoms with Gasteiger partial charge in [-0.1, -0.05) is 13.8 Å². The standard InChI is InChI=1S/C9H16O3/c1-9(2,6-4-5-6)7(12-3)8(10)11/h6-7H,4-5H2,1-3H3,(H,10,11). The summed E-state index contributed by atoms with van der Waals surface area (Å²) in [6, 6.07) is 0. The molecule has 1 fully saturated rings. The summed E-state index contributed by atoms with van der Waals surface area (Å²) in [6.07, 6.45) is 1.62. The van der Waals surface area contributed by atoms with E-state index in [9.17, 15) is 4.79 Å². The third-order valence-electron chi connectivity index (χ3n) is 2.77. The number of hydrogen-bond acceptors (Lipinski definition) is 2. The maximum absolute atomic E-state index is 10.8. The summed E-state index contributed by atoms with van der Waals surface area (Å²) in [6.45, 7) is 3.93. The predicted molar refractivity (Wildman–Crippen MR) is 44.9 cm³/mol. The Morgan fingerprint density at radius 3 is 2.33 bits per heavy atom. The van der Waals surface area contributed by atoms with Gasteiger partial charge in [-0.15, -0.1) is 0 Å². The summed E-state index contributed by atoms with van der Waals surface area (Å²) in [5, 5.41) is 8.86. The first-order chi connectivity index (χ1) is 5.50. The van der Waals surface area contributed by atoms with Gasteiger partial charge in [-0.3, -0.25) is 0 Å². The molecule has 0 aromatic rings. The van der Waals surface area contributed by atoms with Gasteiger partial charge in [-0.25, -0.2) is 4.79 Å². The molecule has 1 N–H and O–H groups in total. The molecule has 1 saturated carbocycles. The second-order valence-electron chi connectivity index (χ2n) is 4.05. The van der Waals surface area contributed by atoms with Gasteiger partial charge in [0.25, 0.3) is 0 Å². The smallest absolute Gasteiger partial charge is 0.333 e. The normalized spacial score (nSPS) is 20.6. The Labute approximate surface area is 72.7 Å². The molecule has 1 unspecified atom stereocenters. The van der Waals surface area contributed by atoms with Crippen LogP contribution >= 0.6 is 0 Å². The SMILES string of the molecule is COC(C(=O)O)C(C)(C)C1CC1. The van der Waals surface area contributed by atoms with Gasteiger partial charge in [0, 0.05) is 12.5 Å². The lowest BCUT2D eigenvalue weighted by molar-refractivity contribution is -0.157. The molecular weight excluding hydrogens is 156 g/mol. The highest BCUT2D eigenvalue weighted by atomic mass is 16.5.